The molecule has 1 saturated carbocycles. The third-order valence-electron chi connectivity index (χ3n) is 7.81. The summed E-state index contributed by atoms with van der Waals surface area (Å²) in [7, 11) is 0. The highest BCUT2D eigenvalue weighted by Gasteiger charge is 2.69. The van der Waals surface area contributed by atoms with Gasteiger partial charge in [0.1, 0.15) is 6.23 Å². The van der Waals surface area contributed by atoms with Crippen LogP contribution in [0.4, 0.5) is 0 Å². The molecule has 5 fully saturated rings. The Kier molecular flexibility index (Phi) is 4.79. The summed E-state index contributed by atoms with van der Waals surface area (Å²) in [6.07, 6.45) is 3.78. The molecular formula is C23H34N2O4. The lowest BCUT2D eigenvalue weighted by Gasteiger charge is -2.60. The Hall–Kier alpha value is -1.05. The van der Waals surface area contributed by atoms with Gasteiger partial charge in [-0.2, -0.15) is 0 Å². The second-order valence-corrected chi connectivity index (χ2v) is 9.96. The Balaban J connectivity index is 1.41. The lowest BCUT2D eigenvalue weighted by Crippen LogP contribution is -2.71. The molecule has 5 heterocycles. The molecular weight excluding hydrogens is 368 g/mol. The first kappa shape index (κ1) is 19.9. The van der Waals surface area contributed by atoms with Crippen molar-refractivity contribution in [3.8, 4) is 0 Å². The van der Waals surface area contributed by atoms with Gasteiger partial charge in [-0.25, -0.2) is 9.78 Å². The van der Waals surface area contributed by atoms with Gasteiger partial charge in [-0.1, -0.05) is 13.8 Å². The zero-order valence-corrected chi connectivity index (χ0v) is 18.2. The van der Waals surface area contributed by atoms with Crippen molar-refractivity contribution in [3.05, 3.63) is 29.1 Å². The Bertz CT molecular complexity index is 768. The van der Waals surface area contributed by atoms with Gasteiger partial charge < -0.3 is 9.47 Å². The van der Waals surface area contributed by atoms with Crippen molar-refractivity contribution in [2.24, 2.45) is 23.7 Å². The lowest BCUT2D eigenvalue weighted by molar-refractivity contribution is -0.571. The van der Waals surface area contributed by atoms with Crippen molar-refractivity contribution in [1.29, 1.82) is 0 Å². The fraction of sp³-hybridized carbons (Fsp3) is 0.783. The highest BCUT2D eigenvalue weighted by Crippen LogP contribution is 2.60. The predicted octanol–water partition coefficient (Wildman–Crippen LogP) is 4.00. The van der Waals surface area contributed by atoms with Crippen LogP contribution >= 0.6 is 0 Å². The maximum Gasteiger partial charge on any atom is 0.201 e. The predicted molar refractivity (Wildman–Crippen MR) is 107 cm³/mol. The first-order chi connectivity index (χ1) is 13.8. The van der Waals surface area contributed by atoms with E-state index in [0.717, 1.165) is 37.2 Å². The number of hydrogen-bond acceptors (Lipinski definition) is 6. The monoisotopic (exact) mass is 402 g/mol. The van der Waals surface area contributed by atoms with Crippen LogP contribution in [0, 0.1) is 37.5 Å². The van der Waals surface area contributed by atoms with E-state index in [1.54, 1.807) is 0 Å². The number of aromatic nitrogens is 1. The Morgan fingerprint density at radius 2 is 1.83 bits per heavy atom. The molecule has 0 aromatic carbocycles. The molecule has 1 aromatic heterocycles. The summed E-state index contributed by atoms with van der Waals surface area (Å²) in [5, 5.41) is 3.65. The van der Waals surface area contributed by atoms with Crippen molar-refractivity contribution in [1.82, 2.24) is 10.3 Å². The summed E-state index contributed by atoms with van der Waals surface area (Å²) in [4.78, 5) is 16.6. The van der Waals surface area contributed by atoms with E-state index in [1.807, 2.05) is 20.8 Å². The van der Waals surface area contributed by atoms with Crippen molar-refractivity contribution >= 4 is 0 Å². The first-order valence-electron chi connectivity index (χ1n) is 11.2. The Morgan fingerprint density at radius 1 is 1.07 bits per heavy atom. The summed E-state index contributed by atoms with van der Waals surface area (Å²) in [6.45, 7) is 11.4. The van der Waals surface area contributed by atoms with E-state index >= 15 is 0 Å². The minimum atomic E-state index is -0.720. The van der Waals surface area contributed by atoms with E-state index in [0.29, 0.717) is 23.7 Å². The largest absolute Gasteiger partial charge is 0.331 e. The highest BCUT2D eigenvalue weighted by atomic mass is 17.3. The van der Waals surface area contributed by atoms with E-state index in [1.165, 1.54) is 12.0 Å². The summed E-state index contributed by atoms with van der Waals surface area (Å²) in [5.41, 5.74) is 2.83. The van der Waals surface area contributed by atoms with Crippen LogP contribution < -0.4 is 5.32 Å². The quantitative estimate of drug-likeness (QED) is 0.771. The van der Waals surface area contributed by atoms with Crippen LogP contribution in [0.3, 0.4) is 0 Å². The molecule has 5 aliphatic rings. The molecule has 1 spiro atoms. The van der Waals surface area contributed by atoms with Crippen LogP contribution in [0.2, 0.25) is 0 Å². The molecule has 4 saturated heterocycles. The molecule has 8 atom stereocenters. The third-order valence-corrected chi connectivity index (χ3v) is 7.81. The van der Waals surface area contributed by atoms with E-state index in [2.05, 4.69) is 36.3 Å². The fourth-order valence-corrected chi connectivity index (χ4v) is 6.38. The molecule has 0 amide bonds. The maximum absolute atomic E-state index is 6.59. The van der Waals surface area contributed by atoms with E-state index < -0.39 is 17.7 Å². The van der Waals surface area contributed by atoms with Crippen LogP contribution in [-0.2, 0) is 25.8 Å². The molecule has 6 rings (SSSR count). The molecule has 0 radical (unpaired) electrons. The smallest absolute Gasteiger partial charge is 0.201 e. The molecule has 4 aliphatic heterocycles. The summed E-state index contributed by atoms with van der Waals surface area (Å²) in [5.74, 6) is 0.930. The standard InChI is InChI=1S/C23H34N2O4/c1-13-6-7-19-16(4)20(24-12-17-10-14(2)25-15(3)11-17)26-21-23(19)18(13)8-9-22(5,27-21)28-29-23/h10-11,13,16,18-21,24H,6-9,12H2,1-5H3/t13-,16-,18+,19+,20-,21-,22-,23-/m1/s1. The van der Waals surface area contributed by atoms with Crippen molar-refractivity contribution in [3.63, 3.8) is 0 Å². The number of nitrogens with one attached hydrogen (secondary N) is 1. The normalized spacial score (nSPS) is 46.2. The van der Waals surface area contributed by atoms with Crippen LogP contribution in [-0.4, -0.2) is 28.9 Å². The van der Waals surface area contributed by atoms with Gasteiger partial charge in [-0.15, -0.1) is 0 Å². The minimum Gasteiger partial charge on any atom is -0.331 e. The second kappa shape index (κ2) is 6.99. The third kappa shape index (κ3) is 3.15. The van der Waals surface area contributed by atoms with Crippen molar-refractivity contribution in [2.45, 2.75) is 90.8 Å². The van der Waals surface area contributed by atoms with E-state index in [9.17, 15) is 0 Å². The van der Waals surface area contributed by atoms with Gasteiger partial charge in [0.15, 0.2) is 11.9 Å². The molecule has 2 bridgehead atoms. The molecule has 1 aliphatic carbocycles. The summed E-state index contributed by atoms with van der Waals surface area (Å²) in [6, 6.07) is 4.27. The maximum atomic E-state index is 6.59. The Morgan fingerprint density at radius 3 is 2.59 bits per heavy atom. The number of hydrogen-bond donors (Lipinski definition) is 1. The van der Waals surface area contributed by atoms with E-state index in [-0.39, 0.29) is 6.23 Å². The number of aryl methyl sites for hydroxylation is 2. The van der Waals surface area contributed by atoms with Gasteiger partial charge in [-0.3, -0.25) is 10.3 Å². The Labute approximate surface area is 173 Å². The molecule has 29 heavy (non-hydrogen) atoms. The topological polar surface area (TPSA) is 61.8 Å². The van der Waals surface area contributed by atoms with Gasteiger partial charge in [0.2, 0.25) is 5.79 Å². The van der Waals surface area contributed by atoms with Crippen LogP contribution in [0.15, 0.2) is 12.1 Å². The number of fused-ring (bicyclic) bond motifs is 2. The molecule has 160 valence electrons. The van der Waals surface area contributed by atoms with Crippen LogP contribution in [0.25, 0.3) is 0 Å². The van der Waals surface area contributed by atoms with Gasteiger partial charge in [-0.05, 0) is 69.6 Å². The SMILES string of the molecule is Cc1cc(CN[C@@H]2O[C@@H]3O[C@@]4(C)CC[C@H]5[C@H](C)CC[C@@H]([C@H]2C)[C@@]35OO4)cc(C)n1. The van der Waals surface area contributed by atoms with Gasteiger partial charge in [0.05, 0.1) is 0 Å². The number of nitrogens with zero attached hydrogens (tertiary/aromatic N) is 1. The lowest BCUT2D eigenvalue weighted by atomic mass is 9.58. The number of rotatable bonds is 3. The highest BCUT2D eigenvalue weighted by molar-refractivity contribution is 5.20. The second-order valence-electron chi connectivity index (χ2n) is 9.96. The minimum absolute atomic E-state index is 0.0787. The van der Waals surface area contributed by atoms with Gasteiger partial charge in [0, 0.05) is 36.2 Å². The van der Waals surface area contributed by atoms with Crippen LogP contribution in [0.1, 0.15) is 63.4 Å². The zero-order valence-electron chi connectivity index (χ0n) is 18.2. The number of pyridine rings is 1. The molecule has 0 unspecified atom stereocenters. The fourth-order valence-electron chi connectivity index (χ4n) is 6.38. The van der Waals surface area contributed by atoms with Crippen molar-refractivity contribution < 1.29 is 19.2 Å². The van der Waals surface area contributed by atoms with Gasteiger partial charge in [0.25, 0.3) is 0 Å². The first-order valence-corrected chi connectivity index (χ1v) is 11.2. The summed E-state index contributed by atoms with van der Waals surface area (Å²) < 4.78 is 13.0. The van der Waals surface area contributed by atoms with Crippen molar-refractivity contribution in [2.75, 3.05) is 0 Å². The van der Waals surface area contributed by atoms with E-state index in [4.69, 9.17) is 19.2 Å². The zero-order chi connectivity index (χ0) is 20.4. The average Bonchev–Trinajstić information content (AvgIpc) is 2.89. The average molecular weight is 403 g/mol. The summed E-state index contributed by atoms with van der Waals surface area (Å²) >= 11 is 0. The molecule has 6 heteroatoms. The number of ether oxygens (including phenoxy) is 2. The molecule has 6 nitrogen and oxygen atoms in total. The molecule has 1 aromatic rings. The molecule has 1 N–H and O–H groups in total. The van der Waals surface area contributed by atoms with Crippen LogP contribution in [0.5, 0.6) is 0 Å². The van der Waals surface area contributed by atoms with Gasteiger partial charge >= 0.3 is 0 Å².